The first-order valence-corrected chi connectivity index (χ1v) is 6.34. The van der Waals surface area contributed by atoms with E-state index in [2.05, 4.69) is 5.32 Å². The highest BCUT2D eigenvalue weighted by molar-refractivity contribution is 5.98. The Kier molecular flexibility index (Phi) is 8.57. The maximum absolute atomic E-state index is 13.5. The zero-order chi connectivity index (χ0) is 15.1. The Hall–Kier alpha value is -1.66. The fourth-order valence-electron chi connectivity index (χ4n) is 1.62. The van der Waals surface area contributed by atoms with Crippen molar-refractivity contribution < 1.29 is 18.7 Å². The fourth-order valence-corrected chi connectivity index (χ4v) is 1.62. The van der Waals surface area contributed by atoms with E-state index in [1.165, 1.54) is 19.2 Å². The van der Waals surface area contributed by atoms with Crippen LogP contribution in [0.2, 0.25) is 0 Å². The molecule has 0 fully saturated rings. The van der Waals surface area contributed by atoms with Gasteiger partial charge in [-0.05, 0) is 25.1 Å². The summed E-state index contributed by atoms with van der Waals surface area (Å²) in [4.78, 5) is 23.3. The molecule has 0 unspecified atom stereocenters. The van der Waals surface area contributed by atoms with Gasteiger partial charge in [0.1, 0.15) is 0 Å². The van der Waals surface area contributed by atoms with Crippen LogP contribution in [-0.4, -0.2) is 31.4 Å². The quantitative estimate of drug-likeness (QED) is 0.749. The monoisotopic (exact) mass is 318 g/mol. The number of hydrogen-bond acceptors (Lipinski definition) is 4. The molecular weight excluding hydrogens is 299 g/mol. The molecule has 5 nitrogen and oxygen atoms in total. The number of rotatable bonds is 7. The summed E-state index contributed by atoms with van der Waals surface area (Å²) in [5.74, 6) is -1.05. The van der Waals surface area contributed by atoms with Gasteiger partial charge in [0.2, 0.25) is 5.91 Å². The lowest BCUT2D eigenvalue weighted by molar-refractivity contribution is -0.121. The number of amides is 1. The lowest BCUT2D eigenvalue weighted by Crippen LogP contribution is -2.37. The molecule has 3 N–H and O–H groups in total. The van der Waals surface area contributed by atoms with Gasteiger partial charge in [0, 0.05) is 31.0 Å². The van der Waals surface area contributed by atoms with Crippen molar-refractivity contribution in [2.24, 2.45) is 5.73 Å². The van der Waals surface area contributed by atoms with Crippen molar-refractivity contribution in [3.63, 3.8) is 0 Å². The molecule has 0 aromatic heterocycles. The van der Waals surface area contributed by atoms with E-state index in [1.54, 1.807) is 6.92 Å². The number of halogens is 2. The molecule has 1 rings (SSSR count). The minimum atomic E-state index is -0.598. The standard InChI is InChI=1S/C14H19FN2O3.ClH/c1-9(8-16)17-14(19)6-4-12(18)10-3-5-13(20-2)11(15)7-10;/h3,5,7,9H,4,6,8,16H2,1-2H3,(H,17,19);1H/t9-;/m0./s1. The van der Waals surface area contributed by atoms with E-state index in [9.17, 15) is 14.0 Å². The number of methoxy groups -OCH3 is 1. The second kappa shape index (κ2) is 9.31. The van der Waals surface area contributed by atoms with Gasteiger partial charge in [0.25, 0.3) is 0 Å². The van der Waals surface area contributed by atoms with Crippen LogP contribution in [-0.2, 0) is 4.79 Å². The third-order valence-corrected chi connectivity index (χ3v) is 2.81. The minimum absolute atomic E-state index is 0. The van der Waals surface area contributed by atoms with Crippen LogP contribution < -0.4 is 15.8 Å². The molecule has 21 heavy (non-hydrogen) atoms. The zero-order valence-electron chi connectivity index (χ0n) is 12.0. The molecule has 0 aliphatic carbocycles. The topological polar surface area (TPSA) is 81.4 Å². The van der Waals surface area contributed by atoms with Gasteiger partial charge in [-0.1, -0.05) is 0 Å². The molecule has 0 saturated heterocycles. The number of ether oxygens (including phenoxy) is 1. The fraction of sp³-hybridized carbons (Fsp3) is 0.429. The summed E-state index contributed by atoms with van der Waals surface area (Å²) in [7, 11) is 1.35. The maximum Gasteiger partial charge on any atom is 0.220 e. The summed E-state index contributed by atoms with van der Waals surface area (Å²) >= 11 is 0. The minimum Gasteiger partial charge on any atom is -0.494 e. The number of nitrogens with two attached hydrogens (primary N) is 1. The number of carbonyl (C=O) groups excluding carboxylic acids is 2. The van der Waals surface area contributed by atoms with Crippen LogP contribution in [0.1, 0.15) is 30.1 Å². The first kappa shape index (κ1) is 19.3. The van der Waals surface area contributed by atoms with Gasteiger partial charge < -0.3 is 15.8 Å². The number of carbonyl (C=O) groups is 2. The van der Waals surface area contributed by atoms with Crippen LogP contribution in [0.15, 0.2) is 18.2 Å². The Morgan fingerprint density at radius 2 is 2.05 bits per heavy atom. The summed E-state index contributed by atoms with van der Waals surface area (Å²) in [5.41, 5.74) is 5.60. The molecule has 0 saturated carbocycles. The SMILES string of the molecule is COc1ccc(C(=O)CCC(=O)N[C@@H](C)CN)cc1F.Cl. The van der Waals surface area contributed by atoms with Gasteiger partial charge in [-0.25, -0.2) is 4.39 Å². The predicted octanol–water partition coefficient (Wildman–Crippen LogP) is 1.68. The molecular formula is C14H20ClFN2O3. The largest absolute Gasteiger partial charge is 0.494 e. The van der Waals surface area contributed by atoms with E-state index in [1.807, 2.05) is 0 Å². The van der Waals surface area contributed by atoms with Crippen molar-refractivity contribution in [2.75, 3.05) is 13.7 Å². The molecule has 0 aliphatic heterocycles. The van der Waals surface area contributed by atoms with E-state index < -0.39 is 5.82 Å². The third kappa shape index (κ3) is 6.10. The summed E-state index contributed by atoms with van der Waals surface area (Å²) in [6.45, 7) is 2.11. The number of benzene rings is 1. The molecule has 0 heterocycles. The first-order chi connectivity index (χ1) is 9.47. The molecule has 7 heteroatoms. The summed E-state index contributed by atoms with van der Waals surface area (Å²) < 4.78 is 18.2. The van der Waals surface area contributed by atoms with E-state index in [0.29, 0.717) is 6.54 Å². The lowest BCUT2D eigenvalue weighted by Gasteiger charge is -2.10. The zero-order valence-corrected chi connectivity index (χ0v) is 12.8. The van der Waals surface area contributed by atoms with E-state index >= 15 is 0 Å². The van der Waals surface area contributed by atoms with Crippen molar-refractivity contribution in [1.82, 2.24) is 5.32 Å². The van der Waals surface area contributed by atoms with Crippen molar-refractivity contribution >= 4 is 24.1 Å². The molecule has 1 atom stereocenters. The highest BCUT2D eigenvalue weighted by Crippen LogP contribution is 2.18. The van der Waals surface area contributed by atoms with Crippen molar-refractivity contribution in [3.05, 3.63) is 29.6 Å². The van der Waals surface area contributed by atoms with Gasteiger partial charge >= 0.3 is 0 Å². The van der Waals surface area contributed by atoms with Gasteiger partial charge in [0.05, 0.1) is 7.11 Å². The normalized spacial score (nSPS) is 11.2. The summed E-state index contributed by atoms with van der Waals surface area (Å²) in [5, 5.41) is 2.66. The van der Waals surface area contributed by atoms with E-state index in [-0.39, 0.29) is 54.3 Å². The van der Waals surface area contributed by atoms with E-state index in [4.69, 9.17) is 10.5 Å². The van der Waals surface area contributed by atoms with Gasteiger partial charge in [0.15, 0.2) is 17.3 Å². The molecule has 0 spiro atoms. The van der Waals surface area contributed by atoms with Crippen molar-refractivity contribution in [2.45, 2.75) is 25.8 Å². The molecule has 0 aliphatic rings. The average Bonchev–Trinajstić information content (AvgIpc) is 2.44. The Bertz CT molecular complexity index is 497. The molecule has 0 radical (unpaired) electrons. The van der Waals surface area contributed by atoms with Crippen molar-refractivity contribution in [1.29, 1.82) is 0 Å². The van der Waals surface area contributed by atoms with Crippen LogP contribution >= 0.6 is 12.4 Å². The molecule has 1 amide bonds. The Morgan fingerprint density at radius 1 is 1.38 bits per heavy atom. The van der Waals surface area contributed by atoms with Crippen LogP contribution in [0, 0.1) is 5.82 Å². The number of Topliss-reactive ketones (excluding diaryl/α,β-unsaturated/α-hetero) is 1. The number of hydrogen-bond donors (Lipinski definition) is 2. The first-order valence-electron chi connectivity index (χ1n) is 6.34. The Labute approximate surface area is 129 Å². The second-order valence-corrected chi connectivity index (χ2v) is 4.48. The van der Waals surface area contributed by atoms with Gasteiger partial charge in [-0.2, -0.15) is 0 Å². The smallest absolute Gasteiger partial charge is 0.220 e. The predicted molar refractivity (Wildman–Crippen MR) is 80.4 cm³/mol. The van der Waals surface area contributed by atoms with Gasteiger partial charge in [-0.15, -0.1) is 12.4 Å². The second-order valence-electron chi connectivity index (χ2n) is 4.48. The van der Waals surface area contributed by atoms with Gasteiger partial charge in [-0.3, -0.25) is 9.59 Å². The highest BCUT2D eigenvalue weighted by atomic mass is 35.5. The number of nitrogens with one attached hydrogen (secondary N) is 1. The number of ketones is 1. The highest BCUT2D eigenvalue weighted by Gasteiger charge is 2.13. The molecule has 0 bridgehead atoms. The van der Waals surface area contributed by atoms with Crippen LogP contribution in [0.5, 0.6) is 5.75 Å². The molecule has 118 valence electrons. The molecule has 1 aromatic rings. The Balaban J connectivity index is 0.00000400. The lowest BCUT2D eigenvalue weighted by atomic mass is 10.1. The maximum atomic E-state index is 13.5. The summed E-state index contributed by atoms with van der Waals surface area (Å²) in [6, 6.07) is 3.85. The molecule has 1 aromatic carbocycles. The summed E-state index contributed by atoms with van der Waals surface area (Å²) in [6.07, 6.45) is 0.0751. The van der Waals surface area contributed by atoms with Crippen LogP contribution in [0.4, 0.5) is 4.39 Å². The van der Waals surface area contributed by atoms with Crippen LogP contribution in [0.3, 0.4) is 0 Å². The third-order valence-electron chi connectivity index (χ3n) is 2.81. The van der Waals surface area contributed by atoms with Crippen LogP contribution in [0.25, 0.3) is 0 Å². The Morgan fingerprint density at radius 3 is 2.57 bits per heavy atom. The van der Waals surface area contributed by atoms with Crippen molar-refractivity contribution in [3.8, 4) is 5.75 Å². The van der Waals surface area contributed by atoms with E-state index in [0.717, 1.165) is 6.07 Å². The average molecular weight is 319 g/mol.